The number of aliphatic hydroxyl groups excluding tert-OH is 1. The summed E-state index contributed by atoms with van der Waals surface area (Å²) in [6.45, 7) is -0.0596. The van der Waals surface area contributed by atoms with Crippen molar-refractivity contribution in [3.8, 4) is 0 Å². The predicted molar refractivity (Wildman–Crippen MR) is 78.0 cm³/mol. The highest BCUT2D eigenvalue weighted by Gasteiger charge is 2.42. The minimum Gasteiger partial charge on any atom is -0.392 e. The number of hydrogen-bond donors (Lipinski definition) is 1. The molecule has 1 aliphatic heterocycles. The van der Waals surface area contributed by atoms with Gasteiger partial charge in [0.25, 0.3) is 0 Å². The summed E-state index contributed by atoms with van der Waals surface area (Å²) in [6.07, 6.45) is -3.49. The lowest BCUT2D eigenvalue weighted by atomic mass is 10.0. The lowest BCUT2D eigenvalue weighted by molar-refractivity contribution is -0.137. The molecule has 128 valence electrons. The van der Waals surface area contributed by atoms with Gasteiger partial charge >= 0.3 is 6.18 Å². The third-order valence-electron chi connectivity index (χ3n) is 4.33. The molecule has 2 fully saturated rings. The molecule has 3 rings (SSSR count). The van der Waals surface area contributed by atoms with Crippen LogP contribution in [0.25, 0.3) is 0 Å². The number of alkyl halides is 3. The van der Waals surface area contributed by atoms with Gasteiger partial charge in [0.1, 0.15) is 0 Å². The monoisotopic (exact) mass is 349 g/mol. The molecule has 1 saturated heterocycles. The minimum atomic E-state index is -4.48. The first-order valence-corrected chi connectivity index (χ1v) is 9.12. The lowest BCUT2D eigenvalue weighted by Gasteiger charge is -2.24. The molecule has 0 spiro atoms. The highest BCUT2D eigenvalue weighted by Crippen LogP contribution is 2.39. The van der Waals surface area contributed by atoms with Crippen molar-refractivity contribution in [2.45, 2.75) is 37.6 Å². The number of rotatable bonds is 4. The Morgan fingerprint density at radius 1 is 1.26 bits per heavy atom. The average Bonchev–Trinajstić information content (AvgIpc) is 3.15. The molecule has 0 bridgehead atoms. The zero-order chi connectivity index (χ0) is 16.8. The third kappa shape index (κ3) is 3.70. The molecule has 0 radical (unpaired) electrons. The second-order valence-electron chi connectivity index (χ2n) is 6.32. The van der Waals surface area contributed by atoms with E-state index >= 15 is 0 Å². The van der Waals surface area contributed by atoms with E-state index in [-0.39, 0.29) is 30.2 Å². The second kappa shape index (κ2) is 5.75. The normalized spacial score (nSPS) is 26.6. The number of β-amino-alcohol motifs (C(OH)–C–C–N with tert-alkyl or cyclic N) is 1. The van der Waals surface area contributed by atoms with E-state index in [9.17, 15) is 26.7 Å². The summed E-state index contributed by atoms with van der Waals surface area (Å²) in [7, 11) is -3.58. The van der Waals surface area contributed by atoms with Gasteiger partial charge in [-0.2, -0.15) is 17.5 Å². The van der Waals surface area contributed by atoms with Crippen LogP contribution in [0.1, 0.15) is 36.4 Å². The third-order valence-corrected chi connectivity index (χ3v) is 6.34. The molecule has 4 nitrogen and oxygen atoms in total. The van der Waals surface area contributed by atoms with E-state index < -0.39 is 33.9 Å². The fourth-order valence-corrected chi connectivity index (χ4v) is 5.11. The van der Waals surface area contributed by atoms with Crippen molar-refractivity contribution in [3.05, 3.63) is 35.4 Å². The average molecular weight is 349 g/mol. The van der Waals surface area contributed by atoms with Crippen LogP contribution in [0.4, 0.5) is 13.2 Å². The number of nitrogens with zero attached hydrogens (tertiary/aromatic N) is 1. The zero-order valence-corrected chi connectivity index (χ0v) is 13.1. The molecule has 2 atom stereocenters. The number of halogens is 3. The van der Waals surface area contributed by atoms with Crippen LogP contribution in [0.3, 0.4) is 0 Å². The van der Waals surface area contributed by atoms with Crippen LogP contribution in [-0.4, -0.2) is 36.2 Å². The van der Waals surface area contributed by atoms with Crippen LogP contribution < -0.4 is 0 Å². The Kier molecular flexibility index (Phi) is 4.18. The first kappa shape index (κ1) is 16.7. The van der Waals surface area contributed by atoms with Gasteiger partial charge in [0, 0.05) is 6.54 Å². The first-order chi connectivity index (χ1) is 10.7. The molecule has 1 saturated carbocycles. The van der Waals surface area contributed by atoms with Gasteiger partial charge in [0.2, 0.25) is 10.0 Å². The van der Waals surface area contributed by atoms with Gasteiger partial charge in [-0.1, -0.05) is 12.1 Å². The maximum absolute atomic E-state index is 12.9. The van der Waals surface area contributed by atoms with E-state index in [1.807, 2.05) is 0 Å². The summed E-state index contributed by atoms with van der Waals surface area (Å²) in [4.78, 5) is 0. The Balaban J connectivity index is 1.90. The maximum Gasteiger partial charge on any atom is 0.416 e. The molecule has 0 aromatic heterocycles. The molecule has 1 N–H and O–H groups in total. The second-order valence-corrected chi connectivity index (χ2v) is 8.29. The summed E-state index contributed by atoms with van der Waals surface area (Å²) in [6, 6.07) is 3.95. The van der Waals surface area contributed by atoms with Crippen LogP contribution in [-0.2, 0) is 16.2 Å². The summed E-state index contributed by atoms with van der Waals surface area (Å²) in [5.41, 5.74) is -0.535. The highest BCUT2D eigenvalue weighted by molar-refractivity contribution is 7.89. The summed E-state index contributed by atoms with van der Waals surface area (Å²) in [5.74, 6) is 0.148. The van der Waals surface area contributed by atoms with Crippen molar-refractivity contribution in [1.29, 1.82) is 0 Å². The highest BCUT2D eigenvalue weighted by atomic mass is 32.2. The lowest BCUT2D eigenvalue weighted by Crippen LogP contribution is -2.34. The zero-order valence-electron chi connectivity index (χ0n) is 12.3. The van der Waals surface area contributed by atoms with Crippen molar-refractivity contribution >= 4 is 10.0 Å². The van der Waals surface area contributed by atoms with E-state index in [1.165, 1.54) is 16.4 Å². The van der Waals surface area contributed by atoms with Gasteiger partial charge in [-0.3, -0.25) is 0 Å². The fraction of sp³-hybridized carbons (Fsp3) is 0.600. The van der Waals surface area contributed by atoms with Crippen molar-refractivity contribution in [1.82, 2.24) is 4.31 Å². The van der Waals surface area contributed by atoms with Gasteiger partial charge in [0.15, 0.2) is 0 Å². The Labute approximate surface area is 133 Å². The van der Waals surface area contributed by atoms with E-state index in [1.54, 1.807) is 0 Å². The smallest absolute Gasteiger partial charge is 0.392 e. The molecule has 1 aromatic carbocycles. The maximum atomic E-state index is 12.9. The molecule has 23 heavy (non-hydrogen) atoms. The predicted octanol–water partition coefficient (Wildman–Crippen LogP) is 2.55. The SMILES string of the molecule is O=S(=O)(CC1CC1)N1CC(O)CC1c1cccc(C(F)(F)F)c1. The van der Waals surface area contributed by atoms with Gasteiger partial charge < -0.3 is 5.11 Å². The summed E-state index contributed by atoms with van der Waals surface area (Å²) >= 11 is 0. The fourth-order valence-electron chi connectivity index (χ4n) is 2.99. The van der Waals surface area contributed by atoms with Gasteiger partial charge in [-0.05, 0) is 42.9 Å². The molecule has 1 aliphatic carbocycles. The molecule has 8 heteroatoms. The number of sulfonamides is 1. The standard InChI is InChI=1S/C15H18F3NO3S/c16-15(17,18)12-3-1-2-11(6-12)14-7-13(20)8-19(14)23(21,22)9-10-4-5-10/h1-3,6,10,13-14,20H,4-5,7-9H2. The topological polar surface area (TPSA) is 57.6 Å². The Bertz CT molecular complexity index is 685. The Morgan fingerprint density at radius 3 is 2.57 bits per heavy atom. The Morgan fingerprint density at radius 2 is 1.96 bits per heavy atom. The summed E-state index contributed by atoms with van der Waals surface area (Å²) in [5, 5.41) is 9.85. The van der Waals surface area contributed by atoms with E-state index in [0.717, 1.165) is 25.0 Å². The van der Waals surface area contributed by atoms with Crippen LogP contribution in [0, 0.1) is 5.92 Å². The summed E-state index contributed by atoms with van der Waals surface area (Å²) < 4.78 is 64.7. The first-order valence-electron chi connectivity index (χ1n) is 7.51. The van der Waals surface area contributed by atoms with Crippen molar-refractivity contribution in [2.75, 3.05) is 12.3 Å². The Hall–Kier alpha value is -1.12. The molecule has 2 unspecified atom stereocenters. The number of aliphatic hydroxyl groups is 1. The van der Waals surface area contributed by atoms with Gasteiger partial charge in [-0.25, -0.2) is 8.42 Å². The van der Waals surface area contributed by atoms with Crippen LogP contribution >= 0.6 is 0 Å². The quantitative estimate of drug-likeness (QED) is 0.909. The van der Waals surface area contributed by atoms with E-state index in [0.29, 0.717) is 0 Å². The molecular weight excluding hydrogens is 331 g/mol. The van der Waals surface area contributed by atoms with Gasteiger partial charge in [0.05, 0.1) is 23.5 Å². The molecule has 2 aliphatic rings. The molecular formula is C15H18F3NO3S. The van der Waals surface area contributed by atoms with Crippen LogP contribution in [0.5, 0.6) is 0 Å². The number of benzene rings is 1. The van der Waals surface area contributed by atoms with Crippen LogP contribution in [0.15, 0.2) is 24.3 Å². The van der Waals surface area contributed by atoms with Crippen molar-refractivity contribution < 1.29 is 26.7 Å². The van der Waals surface area contributed by atoms with E-state index in [2.05, 4.69) is 0 Å². The molecule has 0 amide bonds. The number of hydrogen-bond acceptors (Lipinski definition) is 3. The van der Waals surface area contributed by atoms with Gasteiger partial charge in [-0.15, -0.1) is 0 Å². The minimum absolute atomic E-state index is 0.00911. The molecule has 1 heterocycles. The van der Waals surface area contributed by atoms with Crippen molar-refractivity contribution in [3.63, 3.8) is 0 Å². The van der Waals surface area contributed by atoms with Crippen LogP contribution in [0.2, 0.25) is 0 Å². The van der Waals surface area contributed by atoms with Crippen molar-refractivity contribution in [2.24, 2.45) is 5.92 Å². The largest absolute Gasteiger partial charge is 0.416 e. The van der Waals surface area contributed by atoms with E-state index in [4.69, 9.17) is 0 Å². The molecule has 1 aromatic rings.